The van der Waals surface area contributed by atoms with Crippen molar-refractivity contribution in [3.8, 4) is 16.8 Å². The van der Waals surface area contributed by atoms with E-state index in [1.165, 1.54) is 81.6 Å². The highest BCUT2D eigenvalue weighted by molar-refractivity contribution is 6.99. The van der Waals surface area contributed by atoms with Gasteiger partial charge in [-0.2, -0.15) is 0 Å². The zero-order chi connectivity index (χ0) is 27.9. The predicted octanol–water partition coefficient (Wildman–Crippen LogP) is 6.88. The Morgan fingerprint density at radius 1 is 0.805 bits per heavy atom. The Hall–Kier alpha value is -3.79. The molecule has 2 unspecified atom stereocenters. The van der Waals surface area contributed by atoms with E-state index in [1.54, 1.807) is 5.56 Å². The molecule has 41 heavy (non-hydrogen) atoms. The van der Waals surface area contributed by atoms with Crippen molar-refractivity contribution in [3.63, 3.8) is 0 Å². The van der Waals surface area contributed by atoms with Crippen molar-refractivity contribution in [2.24, 2.45) is 0 Å². The second-order valence-electron chi connectivity index (χ2n) is 14.4. The second-order valence-corrected chi connectivity index (χ2v) is 14.4. The monoisotopic (exact) mass is 533 g/mol. The molecule has 0 bridgehead atoms. The van der Waals surface area contributed by atoms with Crippen molar-refractivity contribution < 1.29 is 0 Å². The molecule has 4 heterocycles. The third-order valence-corrected chi connectivity index (χ3v) is 11.3. The minimum atomic E-state index is 0.0334. The average Bonchev–Trinajstić information content (AvgIpc) is 3.56. The molecule has 9 rings (SSSR count). The normalized spacial score (nSPS) is 23.4. The summed E-state index contributed by atoms with van der Waals surface area (Å²) in [6.07, 6.45) is 5.09. The van der Waals surface area contributed by atoms with Gasteiger partial charge in [-0.1, -0.05) is 95.1 Å². The van der Waals surface area contributed by atoms with E-state index < -0.39 is 0 Å². The summed E-state index contributed by atoms with van der Waals surface area (Å²) in [6, 6.07) is 29.7. The molecular weight excluding hydrogens is 497 g/mol. The zero-order valence-electron chi connectivity index (χ0n) is 24.8. The Kier molecular flexibility index (Phi) is 4.39. The van der Waals surface area contributed by atoms with Gasteiger partial charge in [-0.05, 0) is 82.6 Å². The maximum atomic E-state index is 5.41. The van der Waals surface area contributed by atoms with E-state index in [4.69, 9.17) is 4.98 Å². The maximum absolute atomic E-state index is 5.41. The minimum absolute atomic E-state index is 0.0334. The highest BCUT2D eigenvalue weighted by Gasteiger charge is 2.61. The van der Waals surface area contributed by atoms with E-state index in [2.05, 4.69) is 123 Å². The summed E-state index contributed by atoms with van der Waals surface area (Å²) in [7, 11) is 0. The molecule has 2 atom stereocenters. The van der Waals surface area contributed by atoms with E-state index in [9.17, 15) is 0 Å². The summed E-state index contributed by atoms with van der Waals surface area (Å²) in [5.41, 5.74) is 16.2. The number of benzene rings is 4. The molecule has 1 saturated carbocycles. The van der Waals surface area contributed by atoms with E-state index in [0.29, 0.717) is 0 Å². The fourth-order valence-corrected chi connectivity index (χ4v) is 8.89. The third-order valence-electron chi connectivity index (χ3n) is 11.3. The number of fused-ring (bicyclic) bond motifs is 10. The molecule has 1 aromatic heterocycles. The highest BCUT2D eigenvalue weighted by Crippen LogP contribution is 2.61. The van der Waals surface area contributed by atoms with Gasteiger partial charge in [0, 0.05) is 22.5 Å². The summed E-state index contributed by atoms with van der Waals surface area (Å²) >= 11 is 0. The number of para-hydroxylation sites is 1. The fraction of sp³-hybridized carbons (Fsp3) is 0.324. The number of hydrogen-bond donors (Lipinski definition) is 0. The smallest absolute Gasteiger partial charge is 0.294 e. The lowest BCUT2D eigenvalue weighted by molar-refractivity contribution is 0.195. The predicted molar refractivity (Wildman–Crippen MR) is 173 cm³/mol. The van der Waals surface area contributed by atoms with Crippen LogP contribution in [0.1, 0.15) is 71.4 Å². The average molecular weight is 534 g/mol. The van der Waals surface area contributed by atoms with Gasteiger partial charge in [0.1, 0.15) is 0 Å². The van der Waals surface area contributed by atoms with Gasteiger partial charge in [0.05, 0.1) is 22.3 Å². The van der Waals surface area contributed by atoms with Crippen LogP contribution in [0.5, 0.6) is 0 Å². The largest absolute Gasteiger partial charge is 0.335 e. The molecule has 4 aromatic carbocycles. The molecule has 5 aromatic rings. The maximum Gasteiger partial charge on any atom is 0.294 e. The molecular formula is C37H36BN3. The number of imidazole rings is 1. The topological polar surface area (TPSA) is 21.1 Å². The second kappa shape index (κ2) is 7.53. The highest BCUT2D eigenvalue weighted by atomic mass is 15.3. The van der Waals surface area contributed by atoms with Gasteiger partial charge >= 0.3 is 0 Å². The number of rotatable bonds is 1. The molecule has 0 saturated heterocycles. The Morgan fingerprint density at radius 2 is 1.59 bits per heavy atom. The molecule has 4 heteroatoms. The molecule has 202 valence electrons. The van der Waals surface area contributed by atoms with Crippen molar-refractivity contribution in [3.05, 3.63) is 90.0 Å². The number of nitrogens with zero attached hydrogens (tertiary/aromatic N) is 3. The molecule has 0 amide bonds. The van der Waals surface area contributed by atoms with Crippen LogP contribution in [0.2, 0.25) is 0 Å². The molecule has 0 radical (unpaired) electrons. The van der Waals surface area contributed by atoms with Crippen LogP contribution in [0.15, 0.2) is 78.9 Å². The molecule has 1 aliphatic carbocycles. The van der Waals surface area contributed by atoms with Gasteiger partial charge in [0.2, 0.25) is 0 Å². The Balaban J connectivity index is 1.39. The first-order valence-electron chi connectivity index (χ1n) is 15.4. The van der Waals surface area contributed by atoms with Crippen molar-refractivity contribution in [1.29, 1.82) is 0 Å². The first-order valence-corrected chi connectivity index (χ1v) is 15.4. The van der Waals surface area contributed by atoms with Gasteiger partial charge in [0.15, 0.2) is 0 Å². The van der Waals surface area contributed by atoms with Crippen molar-refractivity contribution in [1.82, 2.24) is 9.55 Å². The van der Waals surface area contributed by atoms with E-state index in [-0.39, 0.29) is 23.1 Å². The molecule has 4 aliphatic rings. The third kappa shape index (κ3) is 2.79. The van der Waals surface area contributed by atoms with Crippen LogP contribution in [-0.4, -0.2) is 21.8 Å². The molecule has 0 spiro atoms. The summed E-state index contributed by atoms with van der Waals surface area (Å²) in [4.78, 5) is 8.22. The molecule has 3 aliphatic heterocycles. The summed E-state index contributed by atoms with van der Waals surface area (Å²) in [5, 5.41) is 0. The lowest BCUT2D eigenvalue weighted by Gasteiger charge is -2.51. The zero-order valence-corrected chi connectivity index (χ0v) is 24.8. The Labute approximate surface area is 243 Å². The molecule has 0 N–H and O–H groups in total. The van der Waals surface area contributed by atoms with Crippen LogP contribution in [-0.2, 0) is 10.8 Å². The van der Waals surface area contributed by atoms with Crippen molar-refractivity contribution in [2.45, 2.75) is 76.7 Å². The van der Waals surface area contributed by atoms with Crippen LogP contribution >= 0.6 is 0 Å². The van der Waals surface area contributed by atoms with E-state index in [0.717, 1.165) is 5.52 Å². The standard InChI is InChI=1S/C37H36BN3/c1-35(2,3)25-21-30-32-31(22-25)41-33-26(36(4)18-9-10-19-37(36,41)5)14-11-15-27(33)38(32)34-39-28-17-16-24(20-29(28)40(30)34)23-12-7-6-8-13-23/h6-8,11-17,20-22H,9-10,18-19H2,1-5H3. The van der Waals surface area contributed by atoms with Crippen LogP contribution in [0.3, 0.4) is 0 Å². The molecule has 1 fully saturated rings. The van der Waals surface area contributed by atoms with Gasteiger partial charge in [-0.15, -0.1) is 0 Å². The summed E-state index contributed by atoms with van der Waals surface area (Å²) < 4.78 is 2.50. The minimum Gasteiger partial charge on any atom is -0.335 e. The summed E-state index contributed by atoms with van der Waals surface area (Å²) in [5.74, 6) is 0. The number of hydrogen-bond acceptors (Lipinski definition) is 2. The van der Waals surface area contributed by atoms with Crippen molar-refractivity contribution >= 4 is 45.8 Å². The molecule has 3 nitrogen and oxygen atoms in total. The van der Waals surface area contributed by atoms with E-state index >= 15 is 0 Å². The van der Waals surface area contributed by atoms with Gasteiger partial charge < -0.3 is 9.47 Å². The van der Waals surface area contributed by atoms with Crippen LogP contribution < -0.4 is 21.5 Å². The van der Waals surface area contributed by atoms with Gasteiger partial charge in [-0.3, -0.25) is 0 Å². The van der Waals surface area contributed by atoms with Crippen LogP contribution in [0.25, 0.3) is 27.8 Å². The fourth-order valence-electron chi connectivity index (χ4n) is 8.89. The SMILES string of the molecule is CC(C)(C)c1cc2c3c(c1)-n1c(nc4ccc(-c5ccccc5)cc41)B3c1cccc3c1N2C1(C)CCCCC31C. The van der Waals surface area contributed by atoms with Crippen LogP contribution in [0.4, 0.5) is 11.4 Å². The van der Waals surface area contributed by atoms with Gasteiger partial charge in [0.25, 0.3) is 6.71 Å². The first-order chi connectivity index (χ1) is 19.7. The number of anilines is 2. The Morgan fingerprint density at radius 3 is 2.39 bits per heavy atom. The summed E-state index contributed by atoms with van der Waals surface area (Å²) in [6.45, 7) is 12.3. The first kappa shape index (κ1) is 23.9. The lowest BCUT2D eigenvalue weighted by Crippen LogP contribution is -2.61. The lowest BCUT2D eigenvalue weighted by atomic mass is 9.39. The van der Waals surface area contributed by atoms with Crippen LogP contribution in [0, 0.1) is 0 Å². The quantitative estimate of drug-likeness (QED) is 0.215. The van der Waals surface area contributed by atoms with E-state index in [1.807, 2.05) is 0 Å². The number of aromatic nitrogens is 2. The Bertz CT molecular complexity index is 1930. The van der Waals surface area contributed by atoms with Crippen molar-refractivity contribution in [2.75, 3.05) is 4.90 Å². The van der Waals surface area contributed by atoms with Gasteiger partial charge in [-0.25, -0.2) is 4.98 Å².